The second-order valence-electron chi connectivity index (χ2n) is 4.12. The number of rotatable bonds is 3. The lowest BCUT2D eigenvalue weighted by atomic mass is 10.2. The predicted octanol–water partition coefficient (Wildman–Crippen LogP) is 3.20. The molecule has 2 rings (SSSR count). The summed E-state index contributed by atoms with van der Waals surface area (Å²) in [6.07, 6.45) is 0. The van der Waals surface area contributed by atoms with Crippen LogP contribution in [-0.2, 0) is 0 Å². The van der Waals surface area contributed by atoms with E-state index in [0.29, 0.717) is 0 Å². The molecular weight excluding hydrogens is 212 g/mol. The van der Waals surface area contributed by atoms with Crippen molar-refractivity contribution in [3.8, 4) is 5.75 Å². The van der Waals surface area contributed by atoms with Crippen molar-refractivity contribution in [1.82, 2.24) is 0 Å². The standard InChI is InChI=1S/C14H16N2O/c1-16(2)13-5-3-4-12(10-13)15-11-6-8-14(17)9-7-11/h3-10,15,17H,1-2H3. The average Bonchev–Trinajstić information content (AvgIpc) is 2.32. The Morgan fingerprint density at radius 3 is 2.29 bits per heavy atom. The first-order valence-corrected chi connectivity index (χ1v) is 5.48. The second kappa shape index (κ2) is 4.78. The quantitative estimate of drug-likeness (QED) is 0.792. The van der Waals surface area contributed by atoms with Gasteiger partial charge in [-0.25, -0.2) is 0 Å². The van der Waals surface area contributed by atoms with Gasteiger partial charge in [-0.05, 0) is 42.5 Å². The summed E-state index contributed by atoms with van der Waals surface area (Å²) in [5.74, 6) is 0.276. The minimum absolute atomic E-state index is 0.276. The zero-order chi connectivity index (χ0) is 12.3. The number of nitrogens with one attached hydrogen (secondary N) is 1. The molecule has 2 N–H and O–H groups in total. The first kappa shape index (κ1) is 11.3. The van der Waals surface area contributed by atoms with E-state index in [0.717, 1.165) is 17.1 Å². The van der Waals surface area contributed by atoms with Crippen LogP contribution in [-0.4, -0.2) is 19.2 Å². The molecule has 0 atom stereocenters. The Balaban J connectivity index is 2.18. The molecule has 3 heteroatoms. The first-order chi connectivity index (χ1) is 8.15. The molecular formula is C14H16N2O. The van der Waals surface area contributed by atoms with Crippen LogP contribution in [0.3, 0.4) is 0 Å². The summed E-state index contributed by atoms with van der Waals surface area (Å²) < 4.78 is 0. The number of benzene rings is 2. The maximum atomic E-state index is 9.21. The third kappa shape index (κ3) is 2.91. The van der Waals surface area contributed by atoms with Crippen LogP contribution in [0.1, 0.15) is 0 Å². The molecule has 0 spiro atoms. The normalized spacial score (nSPS) is 10.0. The van der Waals surface area contributed by atoms with Crippen molar-refractivity contribution in [2.75, 3.05) is 24.3 Å². The van der Waals surface area contributed by atoms with Gasteiger partial charge in [0.05, 0.1) is 0 Å². The van der Waals surface area contributed by atoms with Crippen molar-refractivity contribution >= 4 is 17.1 Å². The number of phenolic OH excluding ortho intramolecular Hbond substituents is 1. The maximum Gasteiger partial charge on any atom is 0.115 e. The van der Waals surface area contributed by atoms with Gasteiger partial charge in [0.25, 0.3) is 0 Å². The highest BCUT2D eigenvalue weighted by Gasteiger charge is 1.98. The summed E-state index contributed by atoms with van der Waals surface area (Å²) in [5.41, 5.74) is 3.13. The van der Waals surface area contributed by atoms with Crippen LogP contribution in [0.5, 0.6) is 5.75 Å². The number of hydrogen-bond acceptors (Lipinski definition) is 3. The lowest BCUT2D eigenvalue weighted by Gasteiger charge is -2.14. The molecule has 2 aromatic rings. The summed E-state index contributed by atoms with van der Waals surface area (Å²) in [4.78, 5) is 2.06. The Bertz CT molecular complexity index is 492. The molecule has 0 aliphatic rings. The minimum Gasteiger partial charge on any atom is -0.508 e. The van der Waals surface area contributed by atoms with Gasteiger partial charge < -0.3 is 15.3 Å². The van der Waals surface area contributed by atoms with Gasteiger partial charge in [0.1, 0.15) is 5.75 Å². The highest BCUT2D eigenvalue weighted by atomic mass is 16.3. The molecule has 3 nitrogen and oxygen atoms in total. The van der Waals surface area contributed by atoms with E-state index in [4.69, 9.17) is 0 Å². The molecule has 2 aromatic carbocycles. The summed E-state index contributed by atoms with van der Waals surface area (Å²) in [7, 11) is 4.03. The number of phenols is 1. The number of anilines is 3. The van der Waals surface area contributed by atoms with Gasteiger partial charge in [-0.3, -0.25) is 0 Å². The van der Waals surface area contributed by atoms with E-state index in [1.54, 1.807) is 12.1 Å². The summed E-state index contributed by atoms with van der Waals surface area (Å²) in [5, 5.41) is 12.5. The molecule has 0 amide bonds. The first-order valence-electron chi connectivity index (χ1n) is 5.48. The van der Waals surface area contributed by atoms with Crippen LogP contribution >= 0.6 is 0 Å². The van der Waals surface area contributed by atoms with Gasteiger partial charge in [0, 0.05) is 31.2 Å². The summed E-state index contributed by atoms with van der Waals surface area (Å²) in [6, 6.07) is 15.2. The van der Waals surface area contributed by atoms with Crippen molar-refractivity contribution in [1.29, 1.82) is 0 Å². The van der Waals surface area contributed by atoms with Crippen molar-refractivity contribution in [3.05, 3.63) is 48.5 Å². The molecule has 0 radical (unpaired) electrons. The van der Waals surface area contributed by atoms with E-state index >= 15 is 0 Å². The number of hydrogen-bond donors (Lipinski definition) is 2. The second-order valence-corrected chi connectivity index (χ2v) is 4.12. The monoisotopic (exact) mass is 228 g/mol. The van der Waals surface area contributed by atoms with Gasteiger partial charge >= 0.3 is 0 Å². The molecule has 0 aliphatic heterocycles. The van der Waals surface area contributed by atoms with Gasteiger partial charge in [-0.2, -0.15) is 0 Å². The Morgan fingerprint density at radius 2 is 1.65 bits per heavy atom. The predicted molar refractivity (Wildman–Crippen MR) is 72.2 cm³/mol. The Labute approximate surface area is 101 Å². The fourth-order valence-electron chi connectivity index (χ4n) is 1.57. The van der Waals surface area contributed by atoms with Crippen LogP contribution in [0, 0.1) is 0 Å². The molecule has 0 aromatic heterocycles. The Morgan fingerprint density at radius 1 is 0.941 bits per heavy atom. The minimum atomic E-state index is 0.276. The van der Waals surface area contributed by atoms with Crippen LogP contribution in [0.15, 0.2) is 48.5 Å². The van der Waals surface area contributed by atoms with E-state index in [9.17, 15) is 5.11 Å². The van der Waals surface area contributed by atoms with Crippen molar-refractivity contribution < 1.29 is 5.11 Å². The van der Waals surface area contributed by atoms with E-state index < -0.39 is 0 Å². The highest BCUT2D eigenvalue weighted by molar-refractivity contribution is 5.65. The van der Waals surface area contributed by atoms with Gasteiger partial charge in [-0.1, -0.05) is 6.07 Å². The largest absolute Gasteiger partial charge is 0.508 e. The fourth-order valence-corrected chi connectivity index (χ4v) is 1.57. The smallest absolute Gasteiger partial charge is 0.115 e. The van der Waals surface area contributed by atoms with Gasteiger partial charge in [-0.15, -0.1) is 0 Å². The Hall–Kier alpha value is -2.16. The van der Waals surface area contributed by atoms with Crippen LogP contribution in [0.2, 0.25) is 0 Å². The van der Waals surface area contributed by atoms with E-state index in [1.165, 1.54) is 0 Å². The number of nitrogens with zero attached hydrogens (tertiary/aromatic N) is 1. The van der Waals surface area contributed by atoms with Gasteiger partial charge in [0.2, 0.25) is 0 Å². The lowest BCUT2D eigenvalue weighted by molar-refractivity contribution is 0.475. The zero-order valence-electron chi connectivity index (χ0n) is 10.0. The van der Waals surface area contributed by atoms with Crippen LogP contribution < -0.4 is 10.2 Å². The van der Waals surface area contributed by atoms with Crippen molar-refractivity contribution in [3.63, 3.8) is 0 Å². The molecule has 17 heavy (non-hydrogen) atoms. The maximum absolute atomic E-state index is 9.21. The van der Waals surface area contributed by atoms with Crippen molar-refractivity contribution in [2.45, 2.75) is 0 Å². The zero-order valence-corrected chi connectivity index (χ0v) is 10.0. The lowest BCUT2D eigenvalue weighted by Crippen LogP contribution is -2.08. The molecule has 0 bridgehead atoms. The van der Waals surface area contributed by atoms with Crippen LogP contribution in [0.25, 0.3) is 0 Å². The molecule has 88 valence electrons. The molecule has 0 saturated heterocycles. The van der Waals surface area contributed by atoms with E-state index in [2.05, 4.69) is 22.3 Å². The molecule has 0 unspecified atom stereocenters. The third-order valence-electron chi connectivity index (χ3n) is 2.52. The molecule has 0 fully saturated rings. The molecule has 0 heterocycles. The summed E-state index contributed by atoms with van der Waals surface area (Å²) in [6.45, 7) is 0. The number of aromatic hydroxyl groups is 1. The van der Waals surface area contributed by atoms with E-state index in [-0.39, 0.29) is 5.75 Å². The average molecular weight is 228 g/mol. The van der Waals surface area contributed by atoms with E-state index in [1.807, 2.05) is 38.4 Å². The van der Waals surface area contributed by atoms with Gasteiger partial charge in [0.15, 0.2) is 0 Å². The molecule has 0 aliphatic carbocycles. The van der Waals surface area contributed by atoms with Crippen LogP contribution in [0.4, 0.5) is 17.1 Å². The Kier molecular flexibility index (Phi) is 3.19. The highest BCUT2D eigenvalue weighted by Crippen LogP contribution is 2.22. The third-order valence-corrected chi connectivity index (χ3v) is 2.52. The topological polar surface area (TPSA) is 35.5 Å². The fraction of sp³-hybridized carbons (Fsp3) is 0.143. The van der Waals surface area contributed by atoms with Crippen molar-refractivity contribution in [2.24, 2.45) is 0 Å². The summed E-state index contributed by atoms with van der Waals surface area (Å²) >= 11 is 0. The SMILES string of the molecule is CN(C)c1cccc(Nc2ccc(O)cc2)c1. The molecule has 0 saturated carbocycles.